The van der Waals surface area contributed by atoms with Crippen molar-refractivity contribution < 1.29 is 9.53 Å². The van der Waals surface area contributed by atoms with Gasteiger partial charge in [0, 0.05) is 26.8 Å². The molecule has 2 aromatic rings. The highest BCUT2D eigenvalue weighted by Gasteiger charge is 2.15. The molecule has 0 aliphatic heterocycles. The van der Waals surface area contributed by atoms with Crippen molar-refractivity contribution in [2.45, 2.75) is 13.0 Å². The van der Waals surface area contributed by atoms with E-state index in [1.54, 1.807) is 21.2 Å². The van der Waals surface area contributed by atoms with Crippen molar-refractivity contribution in [2.75, 3.05) is 21.2 Å². The third-order valence-corrected chi connectivity index (χ3v) is 3.06. The van der Waals surface area contributed by atoms with Gasteiger partial charge in [-0.25, -0.2) is 4.98 Å². The van der Waals surface area contributed by atoms with Crippen LogP contribution in [0, 0.1) is 0 Å². The Balaban J connectivity index is 2.31. The van der Waals surface area contributed by atoms with Crippen LogP contribution < -0.4 is 0 Å². The summed E-state index contributed by atoms with van der Waals surface area (Å²) in [6, 6.07) is 7.76. The highest BCUT2D eigenvalue weighted by atomic mass is 16.5. The van der Waals surface area contributed by atoms with Crippen molar-refractivity contribution in [1.29, 1.82) is 0 Å². The summed E-state index contributed by atoms with van der Waals surface area (Å²) in [5, 5.41) is 6.76. The first kappa shape index (κ1) is 14.2. The van der Waals surface area contributed by atoms with Gasteiger partial charge in [-0.05, 0) is 18.6 Å². The molecular weight excluding hydrogens is 256 g/mol. The number of methoxy groups -OCH3 is 1. The van der Waals surface area contributed by atoms with E-state index >= 15 is 0 Å². The number of aromatic amines is 1. The van der Waals surface area contributed by atoms with Crippen LogP contribution in [0.5, 0.6) is 0 Å². The van der Waals surface area contributed by atoms with Crippen LogP contribution in [-0.2, 0) is 4.74 Å². The summed E-state index contributed by atoms with van der Waals surface area (Å²) < 4.78 is 5.29. The van der Waals surface area contributed by atoms with Gasteiger partial charge in [0.05, 0.1) is 6.10 Å². The summed E-state index contributed by atoms with van der Waals surface area (Å²) in [7, 11) is 5.01. The van der Waals surface area contributed by atoms with E-state index in [0.717, 1.165) is 11.1 Å². The molecule has 1 unspecified atom stereocenters. The van der Waals surface area contributed by atoms with Crippen LogP contribution in [0.4, 0.5) is 0 Å². The molecule has 1 N–H and O–H groups in total. The molecule has 1 aromatic carbocycles. The number of benzene rings is 1. The zero-order chi connectivity index (χ0) is 14.7. The minimum atomic E-state index is -0.204. The molecule has 1 heterocycles. The van der Waals surface area contributed by atoms with Crippen molar-refractivity contribution >= 4 is 5.91 Å². The molecule has 0 fully saturated rings. The Labute approximate surface area is 117 Å². The van der Waals surface area contributed by atoms with Crippen LogP contribution >= 0.6 is 0 Å². The number of carbonyl (C=O) groups is 1. The number of carbonyl (C=O) groups excluding carboxylic acids is 1. The van der Waals surface area contributed by atoms with E-state index in [1.807, 2.05) is 31.2 Å². The average Bonchev–Trinajstić information content (AvgIpc) is 2.95. The second kappa shape index (κ2) is 5.83. The number of hydrogen-bond donors (Lipinski definition) is 1. The SMILES string of the molecule is COC(C)c1cccc(-c2n[nH]c(C(=O)N(C)C)n2)c1. The zero-order valence-corrected chi connectivity index (χ0v) is 12.0. The lowest BCUT2D eigenvalue weighted by atomic mass is 10.1. The van der Waals surface area contributed by atoms with Crippen LogP contribution in [-0.4, -0.2) is 47.2 Å². The Hall–Kier alpha value is -2.21. The van der Waals surface area contributed by atoms with Gasteiger partial charge in [0.15, 0.2) is 5.82 Å². The van der Waals surface area contributed by atoms with Gasteiger partial charge < -0.3 is 9.64 Å². The number of nitrogens with zero attached hydrogens (tertiary/aromatic N) is 3. The van der Waals surface area contributed by atoms with E-state index in [4.69, 9.17) is 4.74 Å². The van der Waals surface area contributed by atoms with Gasteiger partial charge in [-0.1, -0.05) is 18.2 Å². The molecule has 2 rings (SSSR count). The smallest absolute Gasteiger partial charge is 0.290 e. The minimum absolute atomic E-state index is 0.00299. The summed E-state index contributed by atoms with van der Waals surface area (Å²) in [6.07, 6.45) is -0.00299. The molecule has 1 aromatic heterocycles. The molecule has 1 atom stereocenters. The first-order valence-electron chi connectivity index (χ1n) is 6.30. The first-order valence-corrected chi connectivity index (χ1v) is 6.30. The lowest BCUT2D eigenvalue weighted by Crippen LogP contribution is -2.22. The predicted molar refractivity (Wildman–Crippen MR) is 75.3 cm³/mol. The van der Waals surface area contributed by atoms with Gasteiger partial charge in [0.1, 0.15) is 0 Å². The molecule has 0 aliphatic rings. The summed E-state index contributed by atoms with van der Waals surface area (Å²) in [6.45, 7) is 1.97. The normalized spacial score (nSPS) is 12.2. The number of rotatable bonds is 4. The number of hydrogen-bond acceptors (Lipinski definition) is 4. The van der Waals surface area contributed by atoms with E-state index < -0.39 is 0 Å². The van der Waals surface area contributed by atoms with Gasteiger partial charge in [-0.2, -0.15) is 5.10 Å². The number of aromatic nitrogens is 3. The van der Waals surface area contributed by atoms with Crippen LogP contribution in [0.3, 0.4) is 0 Å². The van der Waals surface area contributed by atoms with Gasteiger partial charge in [-0.3, -0.25) is 9.89 Å². The summed E-state index contributed by atoms with van der Waals surface area (Å²) in [5.74, 6) is 0.528. The molecule has 0 bridgehead atoms. The Morgan fingerprint density at radius 1 is 1.40 bits per heavy atom. The standard InChI is InChI=1S/C14H18N4O2/c1-9(20-4)10-6-5-7-11(8-10)12-15-13(17-16-12)14(19)18(2)3/h5-9H,1-4H3,(H,15,16,17). The number of H-pyrrole nitrogens is 1. The largest absolute Gasteiger partial charge is 0.377 e. The third-order valence-electron chi connectivity index (χ3n) is 3.06. The van der Waals surface area contributed by atoms with Gasteiger partial charge in [0.25, 0.3) is 5.91 Å². The van der Waals surface area contributed by atoms with Crippen molar-refractivity contribution in [2.24, 2.45) is 0 Å². The van der Waals surface area contributed by atoms with Crippen LogP contribution in [0.25, 0.3) is 11.4 Å². The summed E-state index contributed by atoms with van der Waals surface area (Å²) in [5.41, 5.74) is 1.88. The average molecular weight is 274 g/mol. The predicted octanol–water partition coefficient (Wildman–Crippen LogP) is 1.88. The second-order valence-electron chi connectivity index (χ2n) is 4.71. The highest BCUT2D eigenvalue weighted by molar-refractivity contribution is 5.90. The van der Waals surface area contributed by atoms with E-state index in [-0.39, 0.29) is 17.8 Å². The highest BCUT2D eigenvalue weighted by Crippen LogP contribution is 2.22. The van der Waals surface area contributed by atoms with Crippen LogP contribution in [0.1, 0.15) is 29.2 Å². The molecule has 0 radical (unpaired) electrons. The second-order valence-corrected chi connectivity index (χ2v) is 4.71. The lowest BCUT2D eigenvalue weighted by Gasteiger charge is -2.10. The third kappa shape index (κ3) is 2.85. The van der Waals surface area contributed by atoms with Crippen molar-refractivity contribution in [3.63, 3.8) is 0 Å². The molecule has 6 heteroatoms. The molecule has 6 nitrogen and oxygen atoms in total. The number of nitrogens with one attached hydrogen (secondary N) is 1. The molecule has 0 aliphatic carbocycles. The van der Waals surface area contributed by atoms with Crippen molar-refractivity contribution in [3.8, 4) is 11.4 Å². The maximum Gasteiger partial charge on any atom is 0.290 e. The van der Waals surface area contributed by atoms with Gasteiger partial charge >= 0.3 is 0 Å². The molecule has 0 spiro atoms. The maximum atomic E-state index is 11.8. The molecular formula is C14H18N4O2. The summed E-state index contributed by atoms with van der Waals surface area (Å²) >= 11 is 0. The van der Waals surface area contributed by atoms with Gasteiger partial charge in [0.2, 0.25) is 5.82 Å². The fourth-order valence-electron chi connectivity index (χ4n) is 1.77. The lowest BCUT2D eigenvalue weighted by molar-refractivity contribution is 0.0816. The van der Waals surface area contributed by atoms with E-state index in [2.05, 4.69) is 15.2 Å². The summed E-state index contributed by atoms with van der Waals surface area (Å²) in [4.78, 5) is 17.5. The van der Waals surface area contributed by atoms with Crippen molar-refractivity contribution in [1.82, 2.24) is 20.1 Å². The van der Waals surface area contributed by atoms with Crippen LogP contribution in [0.2, 0.25) is 0 Å². The Morgan fingerprint density at radius 2 is 2.15 bits per heavy atom. The van der Waals surface area contributed by atoms with Gasteiger partial charge in [-0.15, -0.1) is 0 Å². The van der Waals surface area contributed by atoms with E-state index in [1.165, 1.54) is 4.90 Å². The quantitative estimate of drug-likeness (QED) is 0.924. The van der Waals surface area contributed by atoms with E-state index in [0.29, 0.717) is 5.82 Å². The molecule has 20 heavy (non-hydrogen) atoms. The molecule has 1 amide bonds. The maximum absolute atomic E-state index is 11.8. The fourth-order valence-corrected chi connectivity index (χ4v) is 1.77. The number of amides is 1. The first-order chi connectivity index (χ1) is 9.52. The minimum Gasteiger partial charge on any atom is -0.377 e. The van der Waals surface area contributed by atoms with E-state index in [9.17, 15) is 4.79 Å². The Bertz CT molecular complexity index is 607. The Morgan fingerprint density at radius 3 is 2.80 bits per heavy atom. The Kier molecular flexibility index (Phi) is 4.14. The topological polar surface area (TPSA) is 71.1 Å². The fraction of sp³-hybridized carbons (Fsp3) is 0.357. The molecule has 0 saturated carbocycles. The van der Waals surface area contributed by atoms with Crippen LogP contribution in [0.15, 0.2) is 24.3 Å². The molecule has 106 valence electrons. The van der Waals surface area contributed by atoms with Crippen molar-refractivity contribution in [3.05, 3.63) is 35.7 Å². The zero-order valence-electron chi connectivity index (χ0n) is 12.0. The molecule has 0 saturated heterocycles. The number of ether oxygens (including phenoxy) is 1. The monoisotopic (exact) mass is 274 g/mol.